The van der Waals surface area contributed by atoms with Crippen molar-refractivity contribution >= 4 is 47.2 Å². The van der Waals surface area contributed by atoms with E-state index < -0.39 is 0 Å². The van der Waals surface area contributed by atoms with Gasteiger partial charge >= 0.3 is 0 Å². The number of anilines is 1. The molecule has 4 nitrogen and oxygen atoms in total. The van der Waals surface area contributed by atoms with Gasteiger partial charge in [-0.25, -0.2) is 0 Å². The van der Waals surface area contributed by atoms with Crippen molar-refractivity contribution in [2.75, 3.05) is 31.1 Å². The van der Waals surface area contributed by atoms with E-state index in [1.165, 1.54) is 5.69 Å². The largest absolute Gasteiger partial charge is 0.370 e. The first-order valence-corrected chi connectivity index (χ1v) is 5.64. The number of hydrogen-bond acceptors (Lipinski definition) is 2. The third-order valence-electron chi connectivity index (χ3n) is 2.81. The molecule has 1 aliphatic rings. The van der Waals surface area contributed by atoms with E-state index in [-0.39, 0.29) is 29.9 Å². The van der Waals surface area contributed by atoms with Crippen molar-refractivity contribution < 1.29 is 0 Å². The molecule has 2 rings (SSSR count). The molecule has 0 spiro atoms. The number of rotatable bonds is 1. The maximum absolute atomic E-state index is 7.36. The van der Waals surface area contributed by atoms with E-state index in [4.69, 9.17) is 22.7 Å². The predicted octanol–water partition coefficient (Wildman–Crippen LogP) is 1.97. The van der Waals surface area contributed by atoms with Gasteiger partial charge < -0.3 is 15.5 Å². The van der Waals surface area contributed by atoms with Crippen LogP contribution in [0.3, 0.4) is 0 Å². The van der Waals surface area contributed by atoms with Crippen LogP contribution in [0, 0.1) is 5.41 Å². The molecule has 94 valence electrons. The second-order valence-corrected chi connectivity index (χ2v) is 4.27. The molecule has 0 amide bonds. The van der Waals surface area contributed by atoms with E-state index in [1.54, 1.807) is 0 Å². The molecule has 0 bridgehead atoms. The van der Waals surface area contributed by atoms with Gasteiger partial charge in [-0.1, -0.05) is 11.6 Å². The van der Waals surface area contributed by atoms with Crippen LogP contribution >= 0.6 is 35.6 Å². The molecule has 1 aromatic carbocycles. The monoisotopic (exact) mass is 366 g/mol. The topological polar surface area (TPSA) is 56.4 Å². The fraction of sp³-hybridized carbons (Fsp3) is 0.364. The molecule has 1 aliphatic heterocycles. The van der Waals surface area contributed by atoms with Gasteiger partial charge in [0.25, 0.3) is 0 Å². The predicted molar refractivity (Wildman–Crippen MR) is 82.6 cm³/mol. The molecule has 6 heteroatoms. The van der Waals surface area contributed by atoms with Gasteiger partial charge in [-0.15, -0.1) is 24.0 Å². The van der Waals surface area contributed by atoms with E-state index in [0.29, 0.717) is 0 Å². The Hall–Kier alpha value is -0.690. The highest BCUT2D eigenvalue weighted by molar-refractivity contribution is 14.0. The molecule has 0 aliphatic carbocycles. The normalized spacial score (nSPS) is 15.4. The Kier molecular flexibility index (Phi) is 5.32. The van der Waals surface area contributed by atoms with Crippen LogP contribution in [-0.2, 0) is 0 Å². The lowest BCUT2D eigenvalue weighted by molar-refractivity contribution is 0.380. The molecule has 0 atom stereocenters. The van der Waals surface area contributed by atoms with Crippen molar-refractivity contribution in [3.63, 3.8) is 0 Å². The minimum Gasteiger partial charge on any atom is -0.370 e. The zero-order valence-corrected chi connectivity index (χ0v) is 12.5. The molecule has 1 heterocycles. The Morgan fingerprint density at radius 2 is 1.65 bits per heavy atom. The average Bonchev–Trinajstić information content (AvgIpc) is 2.30. The summed E-state index contributed by atoms with van der Waals surface area (Å²) in [5, 5.41) is 8.11. The van der Waals surface area contributed by atoms with E-state index >= 15 is 0 Å². The zero-order chi connectivity index (χ0) is 11.5. The Morgan fingerprint density at radius 3 is 2.12 bits per heavy atom. The first-order valence-electron chi connectivity index (χ1n) is 5.26. The van der Waals surface area contributed by atoms with E-state index in [9.17, 15) is 0 Å². The first-order chi connectivity index (χ1) is 7.66. The summed E-state index contributed by atoms with van der Waals surface area (Å²) in [5.41, 5.74) is 6.62. The highest BCUT2D eigenvalue weighted by Gasteiger charge is 2.17. The number of halogens is 2. The first kappa shape index (κ1) is 14.4. The number of guanidine groups is 1. The van der Waals surface area contributed by atoms with Gasteiger partial charge in [0.1, 0.15) is 0 Å². The van der Waals surface area contributed by atoms with Crippen LogP contribution in [0.5, 0.6) is 0 Å². The van der Waals surface area contributed by atoms with Gasteiger partial charge in [0, 0.05) is 36.9 Å². The van der Waals surface area contributed by atoms with Crippen LogP contribution in [-0.4, -0.2) is 37.0 Å². The van der Waals surface area contributed by atoms with Gasteiger partial charge in [-0.3, -0.25) is 5.41 Å². The van der Waals surface area contributed by atoms with Crippen LogP contribution in [0.25, 0.3) is 0 Å². The highest BCUT2D eigenvalue weighted by atomic mass is 127. The standard InChI is InChI=1S/C11H15ClN4.HI/c12-9-1-3-10(4-2-9)15-5-7-16(8-6-15)11(13)14;/h1-4H,5-8H2,(H3,13,14);1H. The van der Waals surface area contributed by atoms with Gasteiger partial charge in [0.15, 0.2) is 5.96 Å². The Morgan fingerprint density at radius 1 is 1.12 bits per heavy atom. The third kappa shape index (κ3) is 3.64. The van der Waals surface area contributed by atoms with Crippen LogP contribution in [0.15, 0.2) is 24.3 Å². The van der Waals surface area contributed by atoms with E-state index in [2.05, 4.69) is 4.90 Å². The van der Waals surface area contributed by atoms with Gasteiger partial charge in [-0.05, 0) is 24.3 Å². The lowest BCUT2D eigenvalue weighted by atomic mass is 10.2. The number of nitrogens with one attached hydrogen (secondary N) is 1. The molecule has 3 N–H and O–H groups in total. The Balaban J connectivity index is 0.00000144. The fourth-order valence-electron chi connectivity index (χ4n) is 1.86. The average molecular weight is 367 g/mol. The zero-order valence-electron chi connectivity index (χ0n) is 9.40. The fourth-order valence-corrected chi connectivity index (χ4v) is 1.98. The molecular weight excluding hydrogens is 351 g/mol. The Bertz CT molecular complexity index is 374. The maximum atomic E-state index is 7.36. The Labute approximate surface area is 123 Å². The summed E-state index contributed by atoms with van der Waals surface area (Å²) in [7, 11) is 0. The molecule has 0 unspecified atom stereocenters. The summed E-state index contributed by atoms with van der Waals surface area (Å²) >= 11 is 5.84. The summed E-state index contributed by atoms with van der Waals surface area (Å²) in [6.45, 7) is 3.39. The molecule has 1 saturated heterocycles. The molecule has 0 aromatic heterocycles. The van der Waals surface area contributed by atoms with Crippen LogP contribution in [0.1, 0.15) is 0 Å². The van der Waals surface area contributed by atoms with Gasteiger partial charge in [0.2, 0.25) is 0 Å². The van der Waals surface area contributed by atoms with E-state index in [1.807, 2.05) is 29.2 Å². The van der Waals surface area contributed by atoms with Crippen molar-refractivity contribution in [3.8, 4) is 0 Å². The van der Waals surface area contributed by atoms with Crippen molar-refractivity contribution in [3.05, 3.63) is 29.3 Å². The molecule has 0 radical (unpaired) electrons. The van der Waals surface area contributed by atoms with Crippen LogP contribution in [0.4, 0.5) is 5.69 Å². The number of piperazine rings is 1. The molecular formula is C11H16ClIN4. The van der Waals surface area contributed by atoms with Crippen molar-refractivity contribution in [2.24, 2.45) is 5.73 Å². The summed E-state index contributed by atoms with van der Waals surface area (Å²) in [6.07, 6.45) is 0. The van der Waals surface area contributed by atoms with Crippen LogP contribution < -0.4 is 10.6 Å². The SMILES string of the molecule is I.N=C(N)N1CCN(c2ccc(Cl)cc2)CC1. The van der Waals surface area contributed by atoms with Crippen molar-refractivity contribution in [1.29, 1.82) is 5.41 Å². The van der Waals surface area contributed by atoms with Gasteiger partial charge in [0.05, 0.1) is 0 Å². The second kappa shape index (κ2) is 6.30. The van der Waals surface area contributed by atoms with Gasteiger partial charge in [-0.2, -0.15) is 0 Å². The minimum absolute atomic E-state index is 0. The summed E-state index contributed by atoms with van der Waals surface area (Å²) in [5.74, 6) is 0.163. The summed E-state index contributed by atoms with van der Waals surface area (Å²) in [6, 6.07) is 7.83. The minimum atomic E-state index is 0. The molecule has 1 fully saturated rings. The smallest absolute Gasteiger partial charge is 0.188 e. The third-order valence-corrected chi connectivity index (χ3v) is 3.06. The number of hydrogen-bond donors (Lipinski definition) is 2. The molecule has 17 heavy (non-hydrogen) atoms. The molecule has 1 aromatic rings. The number of nitrogens with zero attached hydrogens (tertiary/aromatic N) is 2. The number of nitrogens with two attached hydrogens (primary N) is 1. The number of benzene rings is 1. The summed E-state index contributed by atoms with van der Waals surface area (Å²) < 4.78 is 0. The summed E-state index contributed by atoms with van der Waals surface area (Å²) in [4.78, 5) is 4.15. The quantitative estimate of drug-likeness (QED) is 0.454. The molecule has 0 saturated carbocycles. The maximum Gasteiger partial charge on any atom is 0.188 e. The van der Waals surface area contributed by atoms with Crippen molar-refractivity contribution in [1.82, 2.24) is 4.90 Å². The van der Waals surface area contributed by atoms with Crippen molar-refractivity contribution in [2.45, 2.75) is 0 Å². The lowest BCUT2D eigenvalue weighted by Gasteiger charge is -2.36. The second-order valence-electron chi connectivity index (χ2n) is 3.84. The van der Waals surface area contributed by atoms with E-state index in [0.717, 1.165) is 31.2 Å². The van der Waals surface area contributed by atoms with Crippen LogP contribution in [0.2, 0.25) is 5.02 Å². The lowest BCUT2D eigenvalue weighted by Crippen LogP contribution is -2.50. The highest BCUT2D eigenvalue weighted by Crippen LogP contribution is 2.19.